The van der Waals surface area contributed by atoms with Crippen molar-refractivity contribution in [1.82, 2.24) is 0 Å². The van der Waals surface area contributed by atoms with Crippen LogP contribution in [0.4, 0.5) is 0 Å². The summed E-state index contributed by atoms with van der Waals surface area (Å²) in [5.74, 6) is 6.21. The minimum absolute atomic E-state index is 0.0881. The van der Waals surface area contributed by atoms with E-state index in [9.17, 15) is 0 Å². The Kier molecular flexibility index (Phi) is 6.28. The summed E-state index contributed by atoms with van der Waals surface area (Å²) >= 11 is 1.62. The summed E-state index contributed by atoms with van der Waals surface area (Å²) in [5, 5.41) is 8.60. The highest BCUT2D eigenvalue weighted by Crippen LogP contribution is 2.18. The van der Waals surface area contributed by atoms with Crippen molar-refractivity contribution in [2.24, 2.45) is 5.92 Å². The molecule has 0 saturated heterocycles. The summed E-state index contributed by atoms with van der Waals surface area (Å²) < 4.78 is 5.77. The Morgan fingerprint density at radius 2 is 2.12 bits per heavy atom. The zero-order valence-corrected chi connectivity index (χ0v) is 11.5. The molecule has 0 aromatic carbocycles. The Bertz CT molecular complexity index is 384. The second kappa shape index (κ2) is 7.50. The van der Waals surface area contributed by atoms with E-state index in [2.05, 4.69) is 32.6 Å². The standard InChI is InChI=1S/C14H20O2S/c1-11(2)9-12(3)16-10-14-7-6-13(17-14)5-4-8-15/h6-7,11-12,15H,8-10H2,1-3H3. The van der Waals surface area contributed by atoms with Crippen molar-refractivity contribution in [3.8, 4) is 11.8 Å². The predicted molar refractivity (Wildman–Crippen MR) is 72.0 cm³/mol. The van der Waals surface area contributed by atoms with E-state index in [1.54, 1.807) is 11.3 Å². The minimum atomic E-state index is -0.0881. The molecule has 0 bridgehead atoms. The van der Waals surface area contributed by atoms with E-state index in [1.807, 2.05) is 12.1 Å². The maximum Gasteiger partial charge on any atom is 0.104 e. The van der Waals surface area contributed by atoms with Crippen LogP contribution in [0.1, 0.15) is 36.9 Å². The maximum absolute atomic E-state index is 8.60. The quantitative estimate of drug-likeness (QED) is 0.816. The molecule has 0 aliphatic heterocycles. The van der Waals surface area contributed by atoms with Gasteiger partial charge < -0.3 is 9.84 Å². The Hall–Kier alpha value is -0.820. The fraction of sp³-hybridized carbons (Fsp3) is 0.571. The molecule has 0 aliphatic rings. The third-order valence-corrected chi connectivity index (χ3v) is 3.24. The van der Waals surface area contributed by atoms with E-state index in [4.69, 9.17) is 9.84 Å². The van der Waals surface area contributed by atoms with Crippen LogP contribution in [-0.4, -0.2) is 17.8 Å². The van der Waals surface area contributed by atoms with Gasteiger partial charge in [0.25, 0.3) is 0 Å². The summed E-state index contributed by atoms with van der Waals surface area (Å²) in [6, 6.07) is 4.01. The molecule has 2 nitrogen and oxygen atoms in total. The SMILES string of the molecule is CC(C)CC(C)OCc1ccc(C#CCO)s1. The number of hydrogen-bond donors (Lipinski definition) is 1. The molecule has 0 radical (unpaired) electrons. The van der Waals surface area contributed by atoms with E-state index in [1.165, 1.54) is 4.88 Å². The molecule has 1 atom stereocenters. The van der Waals surface area contributed by atoms with Crippen LogP contribution >= 0.6 is 11.3 Å². The largest absolute Gasteiger partial charge is 0.384 e. The molecule has 3 heteroatoms. The molecule has 0 fully saturated rings. The van der Waals surface area contributed by atoms with Crippen molar-refractivity contribution >= 4 is 11.3 Å². The van der Waals surface area contributed by atoms with Gasteiger partial charge >= 0.3 is 0 Å². The molecular formula is C14H20O2S. The molecule has 1 N–H and O–H groups in total. The predicted octanol–water partition coefficient (Wildman–Crippen LogP) is 3.04. The highest BCUT2D eigenvalue weighted by molar-refractivity contribution is 7.12. The molecule has 1 heterocycles. The number of ether oxygens (including phenoxy) is 1. The van der Waals surface area contributed by atoms with Crippen molar-refractivity contribution in [2.45, 2.75) is 39.9 Å². The fourth-order valence-corrected chi connectivity index (χ4v) is 2.41. The highest BCUT2D eigenvalue weighted by atomic mass is 32.1. The average molecular weight is 252 g/mol. The number of aliphatic hydroxyl groups excluding tert-OH is 1. The lowest BCUT2D eigenvalue weighted by molar-refractivity contribution is 0.0412. The van der Waals surface area contributed by atoms with E-state index in [-0.39, 0.29) is 6.61 Å². The van der Waals surface area contributed by atoms with Gasteiger partial charge in [0, 0.05) is 4.88 Å². The van der Waals surface area contributed by atoms with Crippen molar-refractivity contribution in [3.63, 3.8) is 0 Å². The van der Waals surface area contributed by atoms with E-state index >= 15 is 0 Å². The molecule has 17 heavy (non-hydrogen) atoms. The highest BCUT2D eigenvalue weighted by Gasteiger charge is 2.06. The van der Waals surface area contributed by atoms with Crippen molar-refractivity contribution in [3.05, 3.63) is 21.9 Å². The lowest BCUT2D eigenvalue weighted by atomic mass is 10.1. The zero-order valence-electron chi connectivity index (χ0n) is 10.7. The molecule has 0 amide bonds. The van der Waals surface area contributed by atoms with Gasteiger partial charge in [0.1, 0.15) is 6.61 Å². The molecular weight excluding hydrogens is 232 g/mol. The van der Waals surface area contributed by atoms with Crippen molar-refractivity contribution < 1.29 is 9.84 Å². The Labute approximate surface area is 108 Å². The van der Waals surface area contributed by atoms with Crippen LogP contribution in [-0.2, 0) is 11.3 Å². The van der Waals surface area contributed by atoms with Crippen LogP contribution in [0.25, 0.3) is 0 Å². The molecule has 1 rings (SSSR count). The van der Waals surface area contributed by atoms with E-state index in [0.29, 0.717) is 18.6 Å². The third-order valence-electron chi connectivity index (χ3n) is 2.27. The number of rotatable bonds is 5. The topological polar surface area (TPSA) is 29.5 Å². The van der Waals surface area contributed by atoms with Gasteiger partial charge in [-0.05, 0) is 31.4 Å². The van der Waals surface area contributed by atoms with Gasteiger partial charge in [-0.15, -0.1) is 11.3 Å². The first kappa shape index (κ1) is 14.2. The van der Waals surface area contributed by atoms with Crippen molar-refractivity contribution in [2.75, 3.05) is 6.61 Å². The van der Waals surface area contributed by atoms with Gasteiger partial charge in [0.15, 0.2) is 0 Å². The van der Waals surface area contributed by atoms with Crippen molar-refractivity contribution in [1.29, 1.82) is 0 Å². The average Bonchev–Trinajstić information content (AvgIpc) is 2.70. The van der Waals surface area contributed by atoms with Crippen LogP contribution < -0.4 is 0 Å². The van der Waals surface area contributed by atoms with Crippen LogP contribution in [0, 0.1) is 17.8 Å². The van der Waals surface area contributed by atoms with Gasteiger partial charge in [-0.2, -0.15) is 0 Å². The summed E-state index contributed by atoms with van der Waals surface area (Å²) in [6.45, 7) is 7.08. The molecule has 1 unspecified atom stereocenters. The minimum Gasteiger partial charge on any atom is -0.384 e. The first-order valence-corrected chi connectivity index (χ1v) is 6.73. The summed E-state index contributed by atoms with van der Waals surface area (Å²) in [5.41, 5.74) is 0. The van der Waals surface area contributed by atoms with Gasteiger partial charge in [-0.1, -0.05) is 25.7 Å². The maximum atomic E-state index is 8.60. The van der Waals surface area contributed by atoms with Gasteiger partial charge in [-0.25, -0.2) is 0 Å². The van der Waals surface area contributed by atoms with Crippen LogP contribution in [0.2, 0.25) is 0 Å². The van der Waals surface area contributed by atoms with Crippen LogP contribution in [0.3, 0.4) is 0 Å². The second-order valence-electron chi connectivity index (χ2n) is 4.48. The monoisotopic (exact) mass is 252 g/mol. The lowest BCUT2D eigenvalue weighted by Crippen LogP contribution is -2.10. The van der Waals surface area contributed by atoms with Gasteiger partial charge in [-0.3, -0.25) is 0 Å². The summed E-state index contributed by atoms with van der Waals surface area (Å²) in [4.78, 5) is 2.16. The van der Waals surface area contributed by atoms with Crippen LogP contribution in [0.5, 0.6) is 0 Å². The molecule has 0 spiro atoms. The Morgan fingerprint density at radius 1 is 1.35 bits per heavy atom. The number of hydrogen-bond acceptors (Lipinski definition) is 3. The van der Waals surface area contributed by atoms with Crippen LogP contribution in [0.15, 0.2) is 12.1 Å². The molecule has 0 aliphatic carbocycles. The molecule has 0 saturated carbocycles. The number of thiophene rings is 1. The van der Waals surface area contributed by atoms with Gasteiger partial charge in [0.2, 0.25) is 0 Å². The zero-order chi connectivity index (χ0) is 12.7. The first-order valence-electron chi connectivity index (χ1n) is 5.92. The third kappa shape index (κ3) is 5.88. The van der Waals surface area contributed by atoms with E-state index < -0.39 is 0 Å². The second-order valence-corrected chi connectivity index (χ2v) is 5.65. The number of aliphatic hydroxyl groups is 1. The molecule has 94 valence electrons. The molecule has 1 aromatic heterocycles. The van der Waals surface area contributed by atoms with Gasteiger partial charge in [0.05, 0.1) is 17.6 Å². The summed E-state index contributed by atoms with van der Waals surface area (Å²) in [7, 11) is 0. The lowest BCUT2D eigenvalue weighted by Gasteiger charge is -2.14. The Balaban J connectivity index is 2.39. The van der Waals surface area contributed by atoms with E-state index in [0.717, 1.165) is 11.3 Å². The summed E-state index contributed by atoms with van der Waals surface area (Å²) in [6.07, 6.45) is 1.38. The smallest absolute Gasteiger partial charge is 0.104 e. The first-order chi connectivity index (χ1) is 8.11. The Morgan fingerprint density at radius 3 is 2.76 bits per heavy atom. The fourth-order valence-electron chi connectivity index (χ4n) is 1.61. The molecule has 1 aromatic rings. The normalized spacial score (nSPS) is 12.3.